The molecule has 0 N–H and O–H groups in total. The molecule has 0 atom stereocenters. The zero-order valence-corrected chi connectivity index (χ0v) is 13.4. The van der Waals surface area contributed by atoms with Crippen LogP contribution in [0.3, 0.4) is 0 Å². The van der Waals surface area contributed by atoms with Gasteiger partial charge in [0, 0.05) is 0 Å². The first kappa shape index (κ1) is 14.7. The van der Waals surface area contributed by atoms with Gasteiger partial charge in [0.2, 0.25) is 11.5 Å². The number of hydrogen-bond donors (Lipinski definition) is 0. The second kappa shape index (κ2) is 5.94. The van der Waals surface area contributed by atoms with Gasteiger partial charge in [-0.2, -0.15) is 4.99 Å². The number of aryl methyl sites for hydroxylation is 1. The molecule has 0 aliphatic heterocycles. The van der Waals surface area contributed by atoms with E-state index in [2.05, 4.69) is 4.99 Å². The summed E-state index contributed by atoms with van der Waals surface area (Å²) in [5.41, 5.74) is 1.60. The number of halogens is 1. The van der Waals surface area contributed by atoms with Crippen molar-refractivity contribution >= 4 is 17.3 Å². The minimum Gasteiger partial charge on any atom is -0.461 e. The highest BCUT2D eigenvalue weighted by Gasteiger charge is 2.20. The van der Waals surface area contributed by atoms with Gasteiger partial charge in [-0.1, -0.05) is 17.7 Å². The molecule has 3 heterocycles. The van der Waals surface area contributed by atoms with Crippen molar-refractivity contribution in [2.24, 2.45) is 4.99 Å². The molecule has 4 aromatic rings. The topological polar surface area (TPSA) is 64.9 Å². The fourth-order valence-corrected chi connectivity index (χ4v) is 2.55. The third-order valence-electron chi connectivity index (χ3n) is 3.39. The summed E-state index contributed by atoms with van der Waals surface area (Å²) < 4.78 is 22.2. The van der Waals surface area contributed by atoms with E-state index in [-0.39, 0.29) is 5.75 Å². The Kier molecular flexibility index (Phi) is 3.63. The molecule has 24 heavy (non-hydrogen) atoms. The summed E-state index contributed by atoms with van der Waals surface area (Å²) in [6.45, 7) is 1.96. The van der Waals surface area contributed by atoms with Gasteiger partial charge >= 0.3 is 5.75 Å². The molecule has 5 nitrogen and oxygen atoms in total. The second-order valence-corrected chi connectivity index (χ2v) is 5.56. The van der Waals surface area contributed by atoms with Crippen molar-refractivity contribution in [2.45, 2.75) is 6.92 Å². The Morgan fingerprint density at radius 3 is 2.00 bits per heavy atom. The number of rotatable bonds is 3. The maximum Gasteiger partial charge on any atom is 0.400 e. The number of hydrogen-bond acceptors (Lipinski definition) is 5. The third kappa shape index (κ3) is 2.70. The Hall–Kier alpha value is -2.92. The molecule has 6 heteroatoms. The molecule has 0 unspecified atom stereocenters. The number of benzene rings is 1. The van der Waals surface area contributed by atoms with E-state index in [9.17, 15) is 0 Å². The first-order valence-electron chi connectivity index (χ1n) is 7.23. The number of nitrogens with zero attached hydrogens (tertiary/aromatic N) is 1. The summed E-state index contributed by atoms with van der Waals surface area (Å²) >= 11 is 6.21. The van der Waals surface area contributed by atoms with Crippen LogP contribution in [0.25, 0.3) is 23.0 Å². The van der Waals surface area contributed by atoms with Crippen LogP contribution < -0.4 is 5.75 Å². The van der Waals surface area contributed by atoms with Crippen molar-refractivity contribution in [3.8, 4) is 23.0 Å². The Bertz CT molecular complexity index is 969. The summed E-state index contributed by atoms with van der Waals surface area (Å²) in [5.74, 6) is 1.88. The van der Waals surface area contributed by atoms with E-state index in [0.717, 1.165) is 5.56 Å². The molecule has 0 amide bonds. The fraction of sp³-hybridized carbons (Fsp3) is 0.0556. The van der Waals surface area contributed by atoms with Crippen molar-refractivity contribution in [1.29, 1.82) is 0 Å². The van der Waals surface area contributed by atoms with Crippen molar-refractivity contribution in [2.75, 3.05) is 0 Å². The lowest BCUT2D eigenvalue weighted by Gasteiger charge is -1.96. The molecule has 0 bridgehead atoms. The molecular formula is C18H12ClNO4. The summed E-state index contributed by atoms with van der Waals surface area (Å²) in [6.07, 6.45) is 3.11. The Morgan fingerprint density at radius 2 is 1.50 bits per heavy atom. The maximum absolute atomic E-state index is 6.21. The number of furan rings is 2. The molecule has 3 aromatic heterocycles. The van der Waals surface area contributed by atoms with Gasteiger partial charge < -0.3 is 17.7 Å². The SMILES string of the molecule is Cc1ccc(N=c2oc(-c3ccco3)c(-c3ccco3)o2)c(Cl)c1. The van der Waals surface area contributed by atoms with Crippen molar-refractivity contribution < 1.29 is 17.7 Å². The monoisotopic (exact) mass is 341 g/mol. The summed E-state index contributed by atoms with van der Waals surface area (Å²) in [4.78, 5) is 4.33. The van der Waals surface area contributed by atoms with E-state index in [1.807, 2.05) is 19.1 Å². The molecule has 0 fully saturated rings. The van der Waals surface area contributed by atoms with Crippen LogP contribution in [-0.2, 0) is 0 Å². The van der Waals surface area contributed by atoms with Crippen molar-refractivity contribution in [3.63, 3.8) is 0 Å². The molecule has 0 saturated heterocycles. The third-order valence-corrected chi connectivity index (χ3v) is 3.69. The van der Waals surface area contributed by atoms with Gasteiger partial charge in [0.25, 0.3) is 0 Å². The molecule has 0 spiro atoms. The molecule has 0 saturated carbocycles. The van der Waals surface area contributed by atoms with E-state index >= 15 is 0 Å². The summed E-state index contributed by atoms with van der Waals surface area (Å²) in [7, 11) is 0. The van der Waals surface area contributed by atoms with Crippen LogP contribution in [0.1, 0.15) is 5.56 Å². The van der Waals surface area contributed by atoms with E-state index in [1.165, 1.54) is 0 Å². The molecular weight excluding hydrogens is 330 g/mol. The Labute approximate surface area is 141 Å². The Morgan fingerprint density at radius 1 is 0.875 bits per heavy atom. The van der Waals surface area contributed by atoms with Gasteiger partial charge in [-0.05, 0) is 48.9 Å². The van der Waals surface area contributed by atoms with E-state index in [4.69, 9.17) is 29.3 Å². The first-order valence-corrected chi connectivity index (χ1v) is 7.61. The second-order valence-electron chi connectivity index (χ2n) is 5.15. The van der Waals surface area contributed by atoms with Crippen LogP contribution in [0, 0.1) is 6.92 Å². The highest BCUT2D eigenvalue weighted by atomic mass is 35.5. The predicted molar refractivity (Wildman–Crippen MR) is 87.8 cm³/mol. The van der Waals surface area contributed by atoms with Gasteiger partial charge in [-0.15, -0.1) is 0 Å². The van der Waals surface area contributed by atoms with Crippen LogP contribution in [0.5, 0.6) is 0 Å². The molecule has 0 aliphatic carbocycles. The summed E-state index contributed by atoms with van der Waals surface area (Å²) in [5, 5.41) is 0.515. The van der Waals surface area contributed by atoms with Crippen LogP contribution in [0.4, 0.5) is 5.69 Å². The minimum atomic E-state index is 0.0542. The smallest absolute Gasteiger partial charge is 0.400 e. The lowest BCUT2D eigenvalue weighted by atomic mass is 10.2. The van der Waals surface area contributed by atoms with Crippen LogP contribution in [-0.4, -0.2) is 0 Å². The van der Waals surface area contributed by atoms with Crippen LogP contribution in [0.2, 0.25) is 5.02 Å². The quantitative estimate of drug-likeness (QED) is 0.487. The molecule has 1 aromatic carbocycles. The van der Waals surface area contributed by atoms with Crippen LogP contribution >= 0.6 is 11.6 Å². The van der Waals surface area contributed by atoms with Gasteiger partial charge in [0.05, 0.1) is 23.2 Å². The molecule has 120 valence electrons. The fourth-order valence-electron chi connectivity index (χ4n) is 2.27. The van der Waals surface area contributed by atoms with Gasteiger partial charge in [0.1, 0.15) is 0 Å². The van der Waals surface area contributed by atoms with E-state index < -0.39 is 0 Å². The highest BCUT2D eigenvalue weighted by molar-refractivity contribution is 6.33. The lowest BCUT2D eigenvalue weighted by molar-refractivity contribution is 0.369. The lowest BCUT2D eigenvalue weighted by Crippen LogP contribution is -1.92. The zero-order chi connectivity index (χ0) is 16.5. The first-order chi connectivity index (χ1) is 11.7. The van der Waals surface area contributed by atoms with Crippen LogP contribution in [0.15, 0.2) is 77.7 Å². The summed E-state index contributed by atoms with van der Waals surface area (Å²) in [6, 6.07) is 12.6. The van der Waals surface area contributed by atoms with Gasteiger partial charge in [0.15, 0.2) is 11.5 Å². The van der Waals surface area contributed by atoms with Crippen molar-refractivity contribution in [1.82, 2.24) is 0 Å². The molecule has 0 aliphatic rings. The highest BCUT2D eigenvalue weighted by Crippen LogP contribution is 2.32. The maximum atomic E-state index is 6.21. The largest absolute Gasteiger partial charge is 0.461 e. The predicted octanol–water partition coefficient (Wildman–Crippen LogP) is 5.59. The standard InChI is InChI=1S/C18H12ClNO4/c1-11-6-7-13(12(19)10-11)20-18-23-16(14-4-2-8-21-14)17(24-18)15-5-3-9-22-15/h2-10H,1H3. The average Bonchev–Trinajstić information content (AvgIpc) is 3.30. The van der Waals surface area contributed by atoms with E-state index in [0.29, 0.717) is 33.8 Å². The minimum absolute atomic E-state index is 0.0542. The molecule has 0 radical (unpaired) electrons. The van der Waals surface area contributed by atoms with Gasteiger partial charge in [-0.25, -0.2) is 0 Å². The average molecular weight is 342 g/mol. The normalized spacial score (nSPS) is 10.9. The zero-order valence-electron chi connectivity index (χ0n) is 12.7. The Balaban J connectivity index is 1.88. The van der Waals surface area contributed by atoms with Gasteiger partial charge in [-0.3, -0.25) is 0 Å². The van der Waals surface area contributed by atoms with Crippen molar-refractivity contribution in [3.05, 3.63) is 71.3 Å². The molecule has 4 rings (SSSR count). The van der Waals surface area contributed by atoms with E-state index in [1.54, 1.807) is 42.9 Å².